The maximum absolute atomic E-state index is 11.7. The predicted molar refractivity (Wildman–Crippen MR) is 133 cm³/mol. The number of carbonyl (C=O) groups excluding carboxylic acids is 1. The summed E-state index contributed by atoms with van der Waals surface area (Å²) >= 11 is 0. The van der Waals surface area contributed by atoms with Crippen LogP contribution in [0.2, 0.25) is 0 Å². The average Bonchev–Trinajstić information content (AvgIpc) is 2.77. The molecule has 192 valence electrons. The van der Waals surface area contributed by atoms with Gasteiger partial charge in [0.05, 0.1) is 39.1 Å². The van der Waals surface area contributed by atoms with Crippen LogP contribution in [0.5, 0.6) is 0 Å². The molecule has 0 aliphatic carbocycles. The van der Waals surface area contributed by atoms with Gasteiger partial charge in [0.25, 0.3) is 0 Å². The van der Waals surface area contributed by atoms with Crippen LogP contribution in [0.15, 0.2) is 0 Å². The van der Waals surface area contributed by atoms with E-state index in [1.165, 1.54) is 77.0 Å². The minimum atomic E-state index is -0.106. The quantitative estimate of drug-likeness (QED) is 0.101. The highest BCUT2D eigenvalue weighted by atomic mass is 16.5. The molecule has 0 saturated heterocycles. The van der Waals surface area contributed by atoms with Gasteiger partial charge in [-0.2, -0.15) is 0 Å². The zero-order chi connectivity index (χ0) is 23.5. The number of hydrogen-bond acceptors (Lipinski definition) is 5. The summed E-state index contributed by atoms with van der Waals surface area (Å²) in [6.07, 6.45) is 20.1. The minimum absolute atomic E-state index is 0.106. The summed E-state index contributed by atoms with van der Waals surface area (Å²) < 4.78 is 21.6. The third-order valence-electron chi connectivity index (χ3n) is 5.48. The molecule has 0 aromatic carbocycles. The molecule has 0 N–H and O–H groups in total. The molecule has 5 nitrogen and oxygen atoms in total. The van der Waals surface area contributed by atoms with Crippen LogP contribution in [0.1, 0.15) is 124 Å². The summed E-state index contributed by atoms with van der Waals surface area (Å²) in [7, 11) is 0. The van der Waals surface area contributed by atoms with Crippen LogP contribution in [0.25, 0.3) is 0 Å². The topological polar surface area (TPSA) is 54.0 Å². The second-order valence-corrected chi connectivity index (χ2v) is 9.06. The Bertz CT molecular complexity index is 373. The van der Waals surface area contributed by atoms with E-state index < -0.39 is 0 Å². The van der Waals surface area contributed by atoms with Crippen molar-refractivity contribution in [3.05, 3.63) is 0 Å². The van der Waals surface area contributed by atoms with E-state index >= 15 is 0 Å². The molecular formula is C27H54O5. The van der Waals surface area contributed by atoms with E-state index in [-0.39, 0.29) is 12.1 Å². The third kappa shape index (κ3) is 27.4. The number of esters is 1. The highest BCUT2D eigenvalue weighted by molar-refractivity contribution is 5.69. The van der Waals surface area contributed by atoms with Crippen molar-refractivity contribution in [2.45, 2.75) is 130 Å². The van der Waals surface area contributed by atoms with Crippen LogP contribution in [0.3, 0.4) is 0 Å². The SMILES string of the molecule is CCCCCCCCCCCCCCCCOC(=O)CCCOCCOCCOC(C)C. The Balaban J connectivity index is 3.15. The molecular weight excluding hydrogens is 404 g/mol. The van der Waals surface area contributed by atoms with Crippen molar-refractivity contribution in [1.29, 1.82) is 0 Å². The molecule has 0 spiro atoms. The molecule has 0 unspecified atom stereocenters. The fourth-order valence-electron chi connectivity index (χ4n) is 3.54. The van der Waals surface area contributed by atoms with Gasteiger partial charge in [0.2, 0.25) is 0 Å². The molecule has 0 radical (unpaired) electrons. The summed E-state index contributed by atoms with van der Waals surface area (Å²) in [4.78, 5) is 11.7. The van der Waals surface area contributed by atoms with Gasteiger partial charge in [-0.25, -0.2) is 0 Å². The van der Waals surface area contributed by atoms with Crippen molar-refractivity contribution in [2.75, 3.05) is 39.6 Å². The molecule has 0 aromatic rings. The van der Waals surface area contributed by atoms with Gasteiger partial charge >= 0.3 is 5.97 Å². The standard InChI is InChI=1S/C27H54O5/c1-4-5-6-7-8-9-10-11-12-13-14-15-16-17-21-32-27(28)19-18-20-29-22-23-30-24-25-31-26(2)3/h26H,4-25H2,1-3H3. The smallest absolute Gasteiger partial charge is 0.305 e. The van der Waals surface area contributed by atoms with Crippen molar-refractivity contribution in [3.8, 4) is 0 Å². The number of ether oxygens (including phenoxy) is 4. The van der Waals surface area contributed by atoms with Crippen LogP contribution in [0, 0.1) is 0 Å². The summed E-state index contributed by atoms with van der Waals surface area (Å²) in [5.41, 5.74) is 0. The Morgan fingerprint density at radius 3 is 1.56 bits per heavy atom. The lowest BCUT2D eigenvalue weighted by molar-refractivity contribution is -0.144. The van der Waals surface area contributed by atoms with E-state index in [1.807, 2.05) is 13.8 Å². The predicted octanol–water partition coefficient (Wildman–Crippen LogP) is 7.25. The fraction of sp³-hybridized carbons (Fsp3) is 0.963. The van der Waals surface area contributed by atoms with Crippen molar-refractivity contribution in [1.82, 2.24) is 0 Å². The van der Waals surface area contributed by atoms with Gasteiger partial charge in [0, 0.05) is 13.0 Å². The van der Waals surface area contributed by atoms with E-state index in [1.54, 1.807) is 0 Å². The molecule has 0 rings (SSSR count). The first kappa shape index (κ1) is 31.4. The molecule has 0 amide bonds. The summed E-state index contributed by atoms with van der Waals surface area (Å²) in [5.74, 6) is -0.106. The second-order valence-electron chi connectivity index (χ2n) is 9.06. The second kappa shape index (κ2) is 26.6. The Labute approximate surface area is 199 Å². The van der Waals surface area contributed by atoms with E-state index in [9.17, 15) is 4.79 Å². The van der Waals surface area contributed by atoms with Crippen LogP contribution in [0.4, 0.5) is 0 Å². The van der Waals surface area contributed by atoms with Crippen LogP contribution in [-0.4, -0.2) is 51.7 Å². The van der Waals surface area contributed by atoms with Gasteiger partial charge in [-0.05, 0) is 26.7 Å². The maximum Gasteiger partial charge on any atom is 0.305 e. The molecule has 0 aliphatic heterocycles. The maximum atomic E-state index is 11.7. The lowest BCUT2D eigenvalue weighted by Crippen LogP contribution is -2.13. The van der Waals surface area contributed by atoms with Crippen molar-refractivity contribution < 1.29 is 23.7 Å². The van der Waals surface area contributed by atoms with E-state index in [4.69, 9.17) is 18.9 Å². The highest BCUT2D eigenvalue weighted by Crippen LogP contribution is 2.13. The van der Waals surface area contributed by atoms with Gasteiger partial charge in [0.15, 0.2) is 0 Å². The Hall–Kier alpha value is -0.650. The van der Waals surface area contributed by atoms with Crippen LogP contribution >= 0.6 is 0 Å². The first-order valence-corrected chi connectivity index (χ1v) is 13.6. The molecule has 32 heavy (non-hydrogen) atoms. The molecule has 0 saturated carbocycles. The lowest BCUT2D eigenvalue weighted by Gasteiger charge is -2.08. The lowest BCUT2D eigenvalue weighted by atomic mass is 10.0. The molecule has 0 heterocycles. The summed E-state index contributed by atoms with van der Waals surface area (Å²) in [6, 6.07) is 0. The normalized spacial score (nSPS) is 11.4. The van der Waals surface area contributed by atoms with Gasteiger partial charge in [-0.3, -0.25) is 4.79 Å². The zero-order valence-corrected chi connectivity index (χ0v) is 21.7. The van der Waals surface area contributed by atoms with E-state index in [0.29, 0.717) is 52.5 Å². The first-order chi connectivity index (χ1) is 15.7. The van der Waals surface area contributed by atoms with Gasteiger partial charge in [-0.1, -0.05) is 90.4 Å². The van der Waals surface area contributed by atoms with E-state index in [2.05, 4.69) is 6.92 Å². The van der Waals surface area contributed by atoms with Crippen LogP contribution < -0.4 is 0 Å². The summed E-state index contributed by atoms with van der Waals surface area (Å²) in [5, 5.41) is 0. The number of carbonyl (C=O) groups is 1. The Morgan fingerprint density at radius 2 is 1.03 bits per heavy atom. The Kier molecular flexibility index (Phi) is 26.1. The van der Waals surface area contributed by atoms with Crippen molar-refractivity contribution >= 4 is 5.97 Å². The summed E-state index contributed by atoms with van der Waals surface area (Å²) in [6.45, 7) is 9.74. The molecule has 0 bridgehead atoms. The fourth-order valence-corrected chi connectivity index (χ4v) is 3.54. The number of hydrogen-bond donors (Lipinski definition) is 0. The van der Waals surface area contributed by atoms with Gasteiger partial charge in [-0.15, -0.1) is 0 Å². The number of unbranched alkanes of at least 4 members (excludes halogenated alkanes) is 13. The molecule has 5 heteroatoms. The Morgan fingerprint density at radius 1 is 0.562 bits per heavy atom. The zero-order valence-electron chi connectivity index (χ0n) is 21.7. The average molecular weight is 459 g/mol. The minimum Gasteiger partial charge on any atom is -0.466 e. The van der Waals surface area contributed by atoms with Crippen molar-refractivity contribution in [3.63, 3.8) is 0 Å². The van der Waals surface area contributed by atoms with Gasteiger partial charge < -0.3 is 18.9 Å². The molecule has 0 aliphatic rings. The van der Waals surface area contributed by atoms with E-state index in [0.717, 1.165) is 12.8 Å². The molecule has 0 fully saturated rings. The number of rotatable bonds is 26. The largest absolute Gasteiger partial charge is 0.466 e. The van der Waals surface area contributed by atoms with Gasteiger partial charge in [0.1, 0.15) is 0 Å². The molecule has 0 aromatic heterocycles. The molecule has 0 atom stereocenters. The highest BCUT2D eigenvalue weighted by Gasteiger charge is 2.03. The third-order valence-corrected chi connectivity index (χ3v) is 5.48. The first-order valence-electron chi connectivity index (χ1n) is 13.6. The van der Waals surface area contributed by atoms with Crippen molar-refractivity contribution in [2.24, 2.45) is 0 Å². The van der Waals surface area contributed by atoms with Crippen LogP contribution in [-0.2, 0) is 23.7 Å². The monoisotopic (exact) mass is 458 g/mol.